The molecule has 1 aromatic carbocycles. The molecule has 112 valence electrons. The van der Waals surface area contributed by atoms with Gasteiger partial charge < -0.3 is 5.32 Å². The number of thiocarbonyl (C=S) groups is 1. The average molecular weight is 322 g/mol. The van der Waals surface area contributed by atoms with Crippen LogP contribution in [0.5, 0.6) is 0 Å². The molecule has 0 spiro atoms. The highest BCUT2D eigenvalue weighted by atomic mass is 32.1. The van der Waals surface area contributed by atoms with E-state index < -0.39 is 40.6 Å². The molecule has 1 N–H and O–H groups in total. The normalized spacial score (nSPS) is 16.9. The van der Waals surface area contributed by atoms with E-state index in [0.717, 1.165) is 4.90 Å². The molecule has 3 nitrogen and oxygen atoms in total. The van der Waals surface area contributed by atoms with Crippen LogP contribution in [-0.4, -0.2) is 22.5 Å². The molecule has 0 aliphatic carbocycles. The molecule has 1 aliphatic rings. The molecular formula is C12H7F5N2OS. The zero-order chi connectivity index (χ0) is 15.9. The van der Waals surface area contributed by atoms with Crippen LogP contribution in [0, 0.1) is 29.1 Å². The Bertz CT molecular complexity index is 660. The van der Waals surface area contributed by atoms with Crippen molar-refractivity contribution in [3.05, 3.63) is 40.3 Å². The van der Waals surface area contributed by atoms with Gasteiger partial charge in [-0.05, 0) is 25.2 Å². The Morgan fingerprint density at radius 2 is 1.52 bits per heavy atom. The van der Waals surface area contributed by atoms with Gasteiger partial charge in [-0.3, -0.25) is 9.69 Å². The fourth-order valence-electron chi connectivity index (χ4n) is 1.75. The number of benzene rings is 1. The number of likely N-dealkylation sites (N-methyl/N-ethyl adjacent to an activating group) is 1. The number of carbonyl (C=O) groups excluding carboxylic acids is 1. The van der Waals surface area contributed by atoms with Crippen LogP contribution in [-0.2, 0) is 4.79 Å². The van der Waals surface area contributed by atoms with Crippen LogP contribution in [0.25, 0.3) is 6.08 Å². The van der Waals surface area contributed by atoms with Gasteiger partial charge in [0, 0.05) is 6.54 Å². The predicted molar refractivity (Wildman–Crippen MR) is 67.3 cm³/mol. The van der Waals surface area contributed by atoms with Crippen LogP contribution >= 0.6 is 12.2 Å². The summed E-state index contributed by atoms with van der Waals surface area (Å²) in [7, 11) is 0. The molecule has 1 saturated heterocycles. The van der Waals surface area contributed by atoms with Gasteiger partial charge in [0.25, 0.3) is 5.91 Å². The lowest BCUT2D eigenvalue weighted by Gasteiger charge is -2.09. The van der Waals surface area contributed by atoms with E-state index in [1.54, 1.807) is 6.92 Å². The highest BCUT2D eigenvalue weighted by Gasteiger charge is 2.31. The standard InChI is InChI=1S/C12H7F5N2OS/c1-2-19-11(20)5(18-12(19)21)3-4-6(13)8(15)10(17)9(16)7(4)14/h3H,2H2,1H3,(H,18,21)/b5-3+. The molecule has 0 aromatic heterocycles. The third-order valence-corrected chi connectivity index (χ3v) is 3.13. The summed E-state index contributed by atoms with van der Waals surface area (Å²) in [6.45, 7) is 1.80. The smallest absolute Gasteiger partial charge is 0.276 e. The van der Waals surface area contributed by atoms with Crippen molar-refractivity contribution in [2.24, 2.45) is 0 Å². The molecule has 0 unspecified atom stereocenters. The number of hydrogen-bond acceptors (Lipinski definition) is 2. The minimum absolute atomic E-state index is 0.0161. The van der Waals surface area contributed by atoms with Gasteiger partial charge in [0.15, 0.2) is 28.4 Å². The molecule has 1 heterocycles. The first-order valence-electron chi connectivity index (χ1n) is 5.65. The van der Waals surface area contributed by atoms with Crippen molar-refractivity contribution < 1.29 is 26.7 Å². The molecule has 2 rings (SSSR count). The summed E-state index contributed by atoms with van der Waals surface area (Å²) in [5, 5.41) is 2.34. The molecule has 1 fully saturated rings. The van der Waals surface area contributed by atoms with Crippen molar-refractivity contribution in [2.45, 2.75) is 6.92 Å². The Hall–Kier alpha value is -2.03. The van der Waals surface area contributed by atoms with Crippen LogP contribution in [0.1, 0.15) is 12.5 Å². The Morgan fingerprint density at radius 3 is 1.95 bits per heavy atom. The van der Waals surface area contributed by atoms with E-state index in [0.29, 0.717) is 6.08 Å². The first kappa shape index (κ1) is 15.4. The topological polar surface area (TPSA) is 32.3 Å². The quantitative estimate of drug-likeness (QED) is 0.298. The van der Waals surface area contributed by atoms with Gasteiger partial charge in [-0.2, -0.15) is 0 Å². The van der Waals surface area contributed by atoms with Gasteiger partial charge in [0.05, 0.1) is 5.56 Å². The van der Waals surface area contributed by atoms with Gasteiger partial charge >= 0.3 is 0 Å². The summed E-state index contributed by atoms with van der Waals surface area (Å²) in [5.41, 5.74) is -1.58. The zero-order valence-electron chi connectivity index (χ0n) is 10.4. The molecule has 0 radical (unpaired) electrons. The molecule has 21 heavy (non-hydrogen) atoms. The van der Waals surface area contributed by atoms with Gasteiger partial charge in [-0.15, -0.1) is 0 Å². The second kappa shape index (κ2) is 5.40. The maximum absolute atomic E-state index is 13.5. The van der Waals surface area contributed by atoms with Gasteiger partial charge in [-0.1, -0.05) is 0 Å². The lowest BCUT2D eigenvalue weighted by atomic mass is 10.1. The molecule has 1 aliphatic heterocycles. The second-order valence-electron chi connectivity index (χ2n) is 4.02. The maximum Gasteiger partial charge on any atom is 0.276 e. The van der Waals surface area contributed by atoms with Crippen molar-refractivity contribution in [2.75, 3.05) is 6.54 Å². The van der Waals surface area contributed by atoms with E-state index >= 15 is 0 Å². The summed E-state index contributed by atoms with van der Waals surface area (Å²) in [4.78, 5) is 12.9. The first-order valence-corrected chi connectivity index (χ1v) is 6.06. The number of hydrogen-bond donors (Lipinski definition) is 1. The van der Waals surface area contributed by atoms with Crippen LogP contribution in [0.15, 0.2) is 5.70 Å². The predicted octanol–water partition coefficient (Wildman–Crippen LogP) is 2.46. The molecule has 1 aromatic rings. The number of nitrogens with zero attached hydrogens (tertiary/aromatic N) is 1. The third kappa shape index (κ3) is 2.37. The fourth-order valence-corrected chi connectivity index (χ4v) is 2.07. The van der Waals surface area contributed by atoms with E-state index in [9.17, 15) is 26.7 Å². The molecular weight excluding hydrogens is 315 g/mol. The van der Waals surface area contributed by atoms with Crippen molar-refractivity contribution in [1.82, 2.24) is 10.2 Å². The fraction of sp³-hybridized carbons (Fsp3) is 0.167. The third-order valence-electron chi connectivity index (χ3n) is 2.81. The van der Waals surface area contributed by atoms with E-state index in [-0.39, 0.29) is 17.4 Å². The summed E-state index contributed by atoms with van der Waals surface area (Å²) < 4.78 is 66.0. The minimum Gasteiger partial charge on any atom is -0.328 e. The molecule has 1 amide bonds. The van der Waals surface area contributed by atoms with Crippen LogP contribution in [0.3, 0.4) is 0 Å². The van der Waals surface area contributed by atoms with Gasteiger partial charge in [-0.25, -0.2) is 22.0 Å². The van der Waals surface area contributed by atoms with Crippen LogP contribution in [0.4, 0.5) is 22.0 Å². The van der Waals surface area contributed by atoms with Crippen LogP contribution < -0.4 is 5.32 Å². The maximum atomic E-state index is 13.5. The van der Waals surface area contributed by atoms with Crippen molar-refractivity contribution >= 4 is 29.3 Å². The van der Waals surface area contributed by atoms with Crippen molar-refractivity contribution in [3.8, 4) is 0 Å². The van der Waals surface area contributed by atoms with Gasteiger partial charge in [0.1, 0.15) is 5.70 Å². The summed E-state index contributed by atoms with van der Waals surface area (Å²) in [6, 6.07) is 0. The molecule has 9 heteroatoms. The summed E-state index contributed by atoms with van der Waals surface area (Å²) >= 11 is 4.81. The van der Waals surface area contributed by atoms with E-state index in [1.165, 1.54) is 0 Å². The Morgan fingerprint density at radius 1 is 1.05 bits per heavy atom. The zero-order valence-corrected chi connectivity index (χ0v) is 11.3. The van der Waals surface area contributed by atoms with Gasteiger partial charge in [0.2, 0.25) is 5.82 Å². The Kier molecular flexibility index (Phi) is 3.95. The lowest BCUT2D eigenvalue weighted by Crippen LogP contribution is -2.30. The van der Waals surface area contributed by atoms with Crippen molar-refractivity contribution in [1.29, 1.82) is 0 Å². The molecule has 0 atom stereocenters. The van der Waals surface area contributed by atoms with E-state index in [4.69, 9.17) is 12.2 Å². The second-order valence-corrected chi connectivity index (χ2v) is 4.41. The number of carbonyl (C=O) groups is 1. The lowest BCUT2D eigenvalue weighted by molar-refractivity contribution is -0.122. The number of rotatable bonds is 2. The SMILES string of the molecule is CCN1C(=O)/C(=C\c2c(F)c(F)c(F)c(F)c2F)NC1=S. The number of amides is 1. The van der Waals surface area contributed by atoms with Crippen LogP contribution in [0.2, 0.25) is 0 Å². The molecule has 0 bridgehead atoms. The monoisotopic (exact) mass is 322 g/mol. The van der Waals surface area contributed by atoms with Crippen molar-refractivity contribution in [3.63, 3.8) is 0 Å². The number of halogens is 5. The van der Waals surface area contributed by atoms with E-state index in [2.05, 4.69) is 5.32 Å². The highest BCUT2D eigenvalue weighted by molar-refractivity contribution is 7.80. The Labute approximate surface area is 121 Å². The largest absolute Gasteiger partial charge is 0.328 e. The first-order chi connectivity index (χ1) is 9.79. The summed E-state index contributed by atoms with van der Waals surface area (Å²) in [6.07, 6.45) is 0.542. The summed E-state index contributed by atoms with van der Waals surface area (Å²) in [5.74, 6) is -11.2. The highest BCUT2D eigenvalue weighted by Crippen LogP contribution is 2.25. The average Bonchev–Trinajstić information content (AvgIpc) is 2.73. The Balaban J connectivity index is 2.57. The minimum atomic E-state index is -2.26. The molecule has 0 saturated carbocycles. The number of nitrogens with one attached hydrogen (secondary N) is 1. The van der Waals surface area contributed by atoms with E-state index in [1.807, 2.05) is 0 Å².